The maximum absolute atomic E-state index is 5.88. The highest BCUT2D eigenvalue weighted by Gasteiger charge is 2.06. The van der Waals surface area contributed by atoms with Gasteiger partial charge in [0.05, 0.1) is 25.0 Å². The number of nitrogens with zero attached hydrogens (tertiary/aromatic N) is 3. The molecular formula is C25H34IN5O2. The Kier molecular flexibility index (Phi) is 11.7. The minimum absolute atomic E-state index is 0. The first-order valence-electron chi connectivity index (χ1n) is 11.0. The maximum Gasteiger partial charge on any atom is 0.191 e. The highest BCUT2D eigenvalue weighted by atomic mass is 127. The highest BCUT2D eigenvalue weighted by molar-refractivity contribution is 14.0. The van der Waals surface area contributed by atoms with Gasteiger partial charge in [-0.25, -0.2) is 9.67 Å². The molecule has 0 atom stereocenters. The number of para-hydroxylation sites is 1. The van der Waals surface area contributed by atoms with Gasteiger partial charge in [0.25, 0.3) is 0 Å². The van der Waals surface area contributed by atoms with Crippen LogP contribution in [0, 0.1) is 6.92 Å². The van der Waals surface area contributed by atoms with Crippen LogP contribution in [0.5, 0.6) is 5.75 Å². The van der Waals surface area contributed by atoms with Crippen LogP contribution in [0.3, 0.4) is 0 Å². The number of rotatable bonds is 11. The van der Waals surface area contributed by atoms with Gasteiger partial charge in [0.15, 0.2) is 5.96 Å². The summed E-state index contributed by atoms with van der Waals surface area (Å²) in [6.45, 7) is 7.28. The maximum atomic E-state index is 5.88. The second kappa shape index (κ2) is 14.5. The van der Waals surface area contributed by atoms with E-state index >= 15 is 0 Å². The molecule has 0 radical (unpaired) electrons. The lowest BCUT2D eigenvalue weighted by Gasteiger charge is -2.13. The monoisotopic (exact) mass is 563 g/mol. The first-order valence-corrected chi connectivity index (χ1v) is 11.0. The molecule has 0 saturated carbocycles. The van der Waals surface area contributed by atoms with Crippen molar-refractivity contribution in [3.05, 3.63) is 77.6 Å². The lowest BCUT2D eigenvalue weighted by atomic mass is 10.1. The summed E-state index contributed by atoms with van der Waals surface area (Å²) >= 11 is 0. The smallest absolute Gasteiger partial charge is 0.191 e. The molecule has 0 amide bonds. The number of methoxy groups -OCH3 is 1. The molecule has 8 heteroatoms. The second-order valence-electron chi connectivity index (χ2n) is 7.45. The van der Waals surface area contributed by atoms with Gasteiger partial charge in [-0.05, 0) is 49.6 Å². The molecule has 0 unspecified atom stereocenters. The number of aryl methyl sites for hydroxylation is 1. The molecule has 3 rings (SSSR count). The Bertz CT molecular complexity index is 991. The van der Waals surface area contributed by atoms with Crippen LogP contribution in [-0.2, 0) is 17.7 Å². The molecular weight excluding hydrogens is 529 g/mol. The number of halogens is 1. The van der Waals surface area contributed by atoms with E-state index in [0.717, 1.165) is 48.0 Å². The molecule has 0 aliphatic rings. The van der Waals surface area contributed by atoms with Crippen LogP contribution in [0.2, 0.25) is 0 Å². The third-order valence-electron chi connectivity index (χ3n) is 4.88. The first-order chi connectivity index (χ1) is 15.7. The SMILES string of the molecule is CCNC(=NCc1ccc(C)cc1OCCOC)NCCc1cnn(-c2ccccc2)c1.I. The quantitative estimate of drug-likeness (QED) is 0.159. The van der Waals surface area contributed by atoms with E-state index in [-0.39, 0.29) is 24.0 Å². The average Bonchev–Trinajstić information content (AvgIpc) is 3.28. The van der Waals surface area contributed by atoms with E-state index in [9.17, 15) is 0 Å². The van der Waals surface area contributed by atoms with E-state index in [2.05, 4.69) is 47.9 Å². The third-order valence-corrected chi connectivity index (χ3v) is 4.88. The van der Waals surface area contributed by atoms with E-state index in [0.29, 0.717) is 19.8 Å². The fraction of sp³-hybridized carbons (Fsp3) is 0.360. The lowest BCUT2D eigenvalue weighted by Crippen LogP contribution is -2.38. The summed E-state index contributed by atoms with van der Waals surface area (Å²) in [5, 5.41) is 11.2. The van der Waals surface area contributed by atoms with E-state index in [1.165, 1.54) is 5.56 Å². The van der Waals surface area contributed by atoms with Gasteiger partial charge in [0, 0.05) is 32.0 Å². The molecule has 33 heavy (non-hydrogen) atoms. The van der Waals surface area contributed by atoms with Gasteiger partial charge in [-0.15, -0.1) is 24.0 Å². The second-order valence-corrected chi connectivity index (χ2v) is 7.45. The van der Waals surface area contributed by atoms with Gasteiger partial charge in [0.1, 0.15) is 12.4 Å². The predicted molar refractivity (Wildman–Crippen MR) is 144 cm³/mol. The van der Waals surface area contributed by atoms with Crippen LogP contribution in [0.15, 0.2) is 65.9 Å². The highest BCUT2D eigenvalue weighted by Crippen LogP contribution is 2.21. The van der Waals surface area contributed by atoms with Crippen molar-refractivity contribution < 1.29 is 9.47 Å². The van der Waals surface area contributed by atoms with E-state index in [1.54, 1.807) is 7.11 Å². The number of aromatic nitrogens is 2. The van der Waals surface area contributed by atoms with Gasteiger partial charge in [-0.1, -0.05) is 30.3 Å². The predicted octanol–water partition coefficient (Wildman–Crippen LogP) is 4.12. The summed E-state index contributed by atoms with van der Waals surface area (Å²) in [5.41, 5.74) is 4.44. The summed E-state index contributed by atoms with van der Waals surface area (Å²) < 4.78 is 12.9. The fourth-order valence-electron chi connectivity index (χ4n) is 3.20. The van der Waals surface area contributed by atoms with E-state index in [4.69, 9.17) is 14.5 Å². The van der Waals surface area contributed by atoms with Crippen LogP contribution < -0.4 is 15.4 Å². The number of benzene rings is 2. The zero-order chi connectivity index (χ0) is 22.6. The Morgan fingerprint density at radius 1 is 1.09 bits per heavy atom. The summed E-state index contributed by atoms with van der Waals surface area (Å²) in [6.07, 6.45) is 4.83. The molecule has 0 aliphatic heterocycles. The molecule has 1 heterocycles. The summed E-state index contributed by atoms with van der Waals surface area (Å²) in [4.78, 5) is 4.75. The van der Waals surface area contributed by atoms with Crippen molar-refractivity contribution in [3.8, 4) is 11.4 Å². The Balaban J connectivity index is 0.00000385. The van der Waals surface area contributed by atoms with Crippen molar-refractivity contribution in [3.63, 3.8) is 0 Å². The molecule has 2 aromatic carbocycles. The van der Waals surface area contributed by atoms with Gasteiger partial charge in [0.2, 0.25) is 0 Å². The standard InChI is InChI=1S/C25H33N5O2.HI/c1-4-26-25(28-18-22-11-10-20(2)16-24(22)32-15-14-31-3)27-13-12-21-17-29-30(19-21)23-8-6-5-7-9-23;/h5-11,16-17,19H,4,12-15,18H2,1-3H3,(H2,26,27,28);1H. The Labute approximate surface area is 213 Å². The third kappa shape index (κ3) is 8.70. The van der Waals surface area contributed by atoms with Gasteiger partial charge in [-0.2, -0.15) is 5.10 Å². The van der Waals surface area contributed by atoms with Crippen molar-refractivity contribution in [1.29, 1.82) is 0 Å². The zero-order valence-electron chi connectivity index (χ0n) is 19.6. The fourth-order valence-corrected chi connectivity index (χ4v) is 3.20. The minimum Gasteiger partial charge on any atom is -0.491 e. The number of nitrogens with one attached hydrogen (secondary N) is 2. The van der Waals surface area contributed by atoms with E-state index in [1.807, 2.05) is 47.3 Å². The molecule has 7 nitrogen and oxygen atoms in total. The number of hydrogen-bond acceptors (Lipinski definition) is 4. The normalized spacial score (nSPS) is 11.1. The van der Waals surface area contributed by atoms with Gasteiger partial charge in [-0.3, -0.25) is 0 Å². The molecule has 0 aliphatic carbocycles. The van der Waals surface area contributed by atoms with E-state index < -0.39 is 0 Å². The Morgan fingerprint density at radius 3 is 2.67 bits per heavy atom. The average molecular weight is 563 g/mol. The molecule has 0 bridgehead atoms. The molecule has 3 aromatic rings. The number of ether oxygens (including phenoxy) is 2. The van der Waals surface area contributed by atoms with Crippen molar-refractivity contribution in [2.24, 2.45) is 4.99 Å². The molecule has 0 spiro atoms. The summed E-state index contributed by atoms with van der Waals surface area (Å²) in [5.74, 6) is 1.64. The van der Waals surface area contributed by atoms with Crippen molar-refractivity contribution in [1.82, 2.24) is 20.4 Å². The molecule has 1 aromatic heterocycles. The molecule has 0 fully saturated rings. The van der Waals surface area contributed by atoms with Crippen molar-refractivity contribution >= 4 is 29.9 Å². The largest absolute Gasteiger partial charge is 0.491 e. The molecule has 0 saturated heterocycles. The van der Waals surface area contributed by atoms with Gasteiger partial charge < -0.3 is 20.1 Å². The van der Waals surface area contributed by atoms with Crippen LogP contribution in [-0.4, -0.2) is 49.2 Å². The van der Waals surface area contributed by atoms with Crippen LogP contribution in [0.1, 0.15) is 23.6 Å². The van der Waals surface area contributed by atoms with Crippen LogP contribution in [0.25, 0.3) is 5.69 Å². The topological polar surface area (TPSA) is 72.7 Å². The van der Waals surface area contributed by atoms with Crippen LogP contribution >= 0.6 is 24.0 Å². The van der Waals surface area contributed by atoms with Gasteiger partial charge >= 0.3 is 0 Å². The van der Waals surface area contributed by atoms with Crippen LogP contribution in [0.4, 0.5) is 0 Å². The minimum atomic E-state index is 0. The molecule has 178 valence electrons. The number of aliphatic imine (C=N–C) groups is 1. The first kappa shape index (κ1) is 26.7. The summed E-state index contributed by atoms with van der Waals surface area (Å²) in [7, 11) is 1.67. The number of guanidine groups is 1. The molecule has 2 N–H and O–H groups in total. The van der Waals surface area contributed by atoms with Crippen molar-refractivity contribution in [2.75, 3.05) is 33.4 Å². The Morgan fingerprint density at radius 2 is 1.91 bits per heavy atom. The number of hydrogen-bond donors (Lipinski definition) is 2. The zero-order valence-corrected chi connectivity index (χ0v) is 21.9. The Hall–Kier alpha value is -2.59. The summed E-state index contributed by atoms with van der Waals surface area (Å²) in [6, 6.07) is 16.3. The lowest BCUT2D eigenvalue weighted by molar-refractivity contribution is 0.145. The van der Waals surface area contributed by atoms with Crippen molar-refractivity contribution in [2.45, 2.75) is 26.8 Å².